The Morgan fingerprint density at radius 1 is 1.41 bits per heavy atom. The highest BCUT2D eigenvalue weighted by Crippen LogP contribution is 2.21. The second kappa shape index (κ2) is 5.92. The van der Waals surface area contributed by atoms with Crippen LogP contribution in [-0.4, -0.2) is 17.6 Å². The fourth-order valence-electron chi connectivity index (χ4n) is 1.27. The van der Waals surface area contributed by atoms with Crippen molar-refractivity contribution in [2.24, 2.45) is 11.8 Å². The molecule has 0 fully saturated rings. The number of amides is 1. The first-order chi connectivity index (χ1) is 7.91. The van der Waals surface area contributed by atoms with E-state index in [0.29, 0.717) is 23.4 Å². The van der Waals surface area contributed by atoms with Gasteiger partial charge in [0, 0.05) is 11.6 Å². The van der Waals surface area contributed by atoms with Gasteiger partial charge < -0.3 is 10.4 Å². The highest BCUT2D eigenvalue weighted by Gasteiger charge is 2.13. The Morgan fingerprint density at radius 3 is 2.65 bits per heavy atom. The molecule has 0 saturated heterocycles. The Morgan fingerprint density at radius 2 is 2.06 bits per heavy atom. The van der Waals surface area contributed by atoms with Crippen LogP contribution >= 0.6 is 11.6 Å². The summed E-state index contributed by atoms with van der Waals surface area (Å²) in [7, 11) is 0. The first kappa shape index (κ1) is 13.8. The number of phenolic OH excluding ortho intramolecular Hbond substituents is 1. The van der Waals surface area contributed by atoms with Crippen molar-refractivity contribution < 1.29 is 9.90 Å². The summed E-state index contributed by atoms with van der Waals surface area (Å²) in [5, 5.41) is 12.8. The number of carbonyl (C=O) groups is 1. The summed E-state index contributed by atoms with van der Waals surface area (Å²) < 4.78 is 0. The zero-order valence-electron chi connectivity index (χ0n) is 10.3. The van der Waals surface area contributed by atoms with Gasteiger partial charge in [-0.1, -0.05) is 32.4 Å². The Labute approximate surface area is 107 Å². The second-order valence-corrected chi connectivity index (χ2v) is 5.03. The number of nitrogens with one attached hydrogen (secondary N) is 1. The van der Waals surface area contributed by atoms with E-state index >= 15 is 0 Å². The average Bonchev–Trinajstić information content (AvgIpc) is 2.28. The Bertz CT molecular complexity index is 404. The van der Waals surface area contributed by atoms with Gasteiger partial charge in [0.1, 0.15) is 5.75 Å². The third kappa shape index (κ3) is 3.93. The molecule has 0 saturated carbocycles. The maximum Gasteiger partial charge on any atom is 0.255 e. The SMILES string of the molecule is CC(C)C(C)CNC(=O)c1cc(Cl)ccc1O. The molecule has 0 radical (unpaired) electrons. The van der Waals surface area contributed by atoms with Gasteiger partial charge in [-0.25, -0.2) is 0 Å². The van der Waals surface area contributed by atoms with Gasteiger partial charge in [-0.3, -0.25) is 4.79 Å². The molecule has 0 heterocycles. The molecule has 3 nitrogen and oxygen atoms in total. The number of carbonyl (C=O) groups excluding carboxylic acids is 1. The summed E-state index contributed by atoms with van der Waals surface area (Å²) in [6.45, 7) is 6.87. The molecule has 1 aromatic carbocycles. The van der Waals surface area contributed by atoms with Crippen LogP contribution in [0.5, 0.6) is 5.75 Å². The monoisotopic (exact) mass is 255 g/mol. The first-order valence-electron chi connectivity index (χ1n) is 5.68. The maximum atomic E-state index is 11.8. The van der Waals surface area contributed by atoms with Crippen LogP contribution in [0.3, 0.4) is 0 Å². The summed E-state index contributed by atoms with van der Waals surface area (Å²) in [6.07, 6.45) is 0. The summed E-state index contributed by atoms with van der Waals surface area (Å²) in [6, 6.07) is 4.43. The van der Waals surface area contributed by atoms with E-state index < -0.39 is 0 Å². The molecule has 2 N–H and O–H groups in total. The lowest BCUT2D eigenvalue weighted by Gasteiger charge is -2.16. The molecule has 0 aromatic heterocycles. The molecule has 0 aliphatic heterocycles. The van der Waals surface area contributed by atoms with Crippen molar-refractivity contribution in [1.29, 1.82) is 0 Å². The quantitative estimate of drug-likeness (QED) is 0.869. The molecule has 0 aliphatic carbocycles. The molecule has 0 bridgehead atoms. The number of benzene rings is 1. The number of rotatable bonds is 4. The van der Waals surface area contributed by atoms with Crippen molar-refractivity contribution in [3.8, 4) is 5.75 Å². The topological polar surface area (TPSA) is 49.3 Å². The molecule has 94 valence electrons. The minimum atomic E-state index is -0.294. The van der Waals surface area contributed by atoms with Gasteiger partial charge in [0.15, 0.2) is 0 Å². The molecule has 1 unspecified atom stereocenters. The Kier molecular flexibility index (Phi) is 4.82. The van der Waals surface area contributed by atoms with Crippen LogP contribution in [0.15, 0.2) is 18.2 Å². The molecule has 1 rings (SSSR count). The standard InChI is InChI=1S/C13H18ClNO2/c1-8(2)9(3)7-15-13(17)11-6-10(14)4-5-12(11)16/h4-6,8-9,16H,7H2,1-3H3,(H,15,17). The zero-order valence-corrected chi connectivity index (χ0v) is 11.1. The van der Waals surface area contributed by atoms with Gasteiger partial charge in [-0.2, -0.15) is 0 Å². The van der Waals surface area contributed by atoms with Gasteiger partial charge in [0.25, 0.3) is 5.91 Å². The maximum absolute atomic E-state index is 11.8. The first-order valence-corrected chi connectivity index (χ1v) is 6.06. The van der Waals surface area contributed by atoms with Crippen LogP contribution < -0.4 is 5.32 Å². The fourth-order valence-corrected chi connectivity index (χ4v) is 1.45. The molecule has 0 spiro atoms. The van der Waals surface area contributed by atoms with E-state index in [1.165, 1.54) is 12.1 Å². The van der Waals surface area contributed by atoms with Gasteiger partial charge in [-0.15, -0.1) is 0 Å². The normalized spacial score (nSPS) is 12.5. The van der Waals surface area contributed by atoms with Crippen molar-refractivity contribution >= 4 is 17.5 Å². The lowest BCUT2D eigenvalue weighted by Crippen LogP contribution is -2.30. The predicted molar refractivity (Wildman–Crippen MR) is 69.5 cm³/mol. The summed E-state index contributed by atoms with van der Waals surface area (Å²) in [4.78, 5) is 11.8. The van der Waals surface area contributed by atoms with E-state index in [-0.39, 0.29) is 17.2 Å². The second-order valence-electron chi connectivity index (χ2n) is 4.59. The third-order valence-corrected chi connectivity index (χ3v) is 3.16. The molecule has 0 aliphatic rings. The number of aromatic hydroxyl groups is 1. The number of halogens is 1. The smallest absolute Gasteiger partial charge is 0.255 e. The number of phenols is 1. The van der Waals surface area contributed by atoms with E-state index in [4.69, 9.17) is 11.6 Å². The van der Waals surface area contributed by atoms with Crippen LogP contribution in [0.25, 0.3) is 0 Å². The van der Waals surface area contributed by atoms with Gasteiger partial charge >= 0.3 is 0 Å². The molecular weight excluding hydrogens is 238 g/mol. The van der Waals surface area contributed by atoms with Gasteiger partial charge in [0.05, 0.1) is 5.56 Å². The van der Waals surface area contributed by atoms with Crippen molar-refractivity contribution in [2.75, 3.05) is 6.54 Å². The highest BCUT2D eigenvalue weighted by molar-refractivity contribution is 6.31. The predicted octanol–water partition coefficient (Wildman–Crippen LogP) is 3.07. The number of hydrogen-bond donors (Lipinski definition) is 2. The minimum absolute atomic E-state index is 0.0518. The van der Waals surface area contributed by atoms with Crippen LogP contribution in [0.2, 0.25) is 5.02 Å². The minimum Gasteiger partial charge on any atom is -0.507 e. The van der Waals surface area contributed by atoms with Gasteiger partial charge in [0.2, 0.25) is 0 Å². The molecule has 1 aromatic rings. The van der Waals surface area contributed by atoms with Crippen molar-refractivity contribution in [1.82, 2.24) is 5.32 Å². The molecular formula is C13H18ClNO2. The van der Waals surface area contributed by atoms with Crippen LogP contribution in [0, 0.1) is 11.8 Å². The summed E-state index contributed by atoms with van der Waals surface area (Å²) in [5.74, 6) is 0.546. The van der Waals surface area contributed by atoms with Gasteiger partial charge in [-0.05, 0) is 30.0 Å². The molecule has 4 heteroatoms. The Balaban J connectivity index is 2.67. The number of hydrogen-bond acceptors (Lipinski definition) is 2. The lowest BCUT2D eigenvalue weighted by atomic mass is 9.98. The van der Waals surface area contributed by atoms with Crippen LogP contribution in [-0.2, 0) is 0 Å². The molecule has 1 atom stereocenters. The van der Waals surface area contributed by atoms with E-state index in [0.717, 1.165) is 0 Å². The Hall–Kier alpha value is -1.22. The summed E-state index contributed by atoms with van der Waals surface area (Å²) >= 11 is 5.78. The van der Waals surface area contributed by atoms with Crippen LogP contribution in [0.1, 0.15) is 31.1 Å². The van der Waals surface area contributed by atoms with E-state index in [9.17, 15) is 9.90 Å². The lowest BCUT2D eigenvalue weighted by molar-refractivity contribution is 0.0942. The van der Waals surface area contributed by atoms with E-state index in [1.54, 1.807) is 6.07 Å². The third-order valence-electron chi connectivity index (χ3n) is 2.93. The van der Waals surface area contributed by atoms with Crippen LogP contribution in [0.4, 0.5) is 0 Å². The van der Waals surface area contributed by atoms with Crippen molar-refractivity contribution in [3.63, 3.8) is 0 Å². The largest absolute Gasteiger partial charge is 0.507 e. The molecule has 17 heavy (non-hydrogen) atoms. The average molecular weight is 256 g/mol. The van der Waals surface area contributed by atoms with E-state index in [2.05, 4.69) is 26.1 Å². The highest BCUT2D eigenvalue weighted by atomic mass is 35.5. The zero-order chi connectivity index (χ0) is 13.0. The molecule has 1 amide bonds. The van der Waals surface area contributed by atoms with E-state index in [1.807, 2.05) is 0 Å². The van der Waals surface area contributed by atoms with Crippen molar-refractivity contribution in [3.05, 3.63) is 28.8 Å². The van der Waals surface area contributed by atoms with Crippen molar-refractivity contribution in [2.45, 2.75) is 20.8 Å². The fraction of sp³-hybridized carbons (Fsp3) is 0.462. The summed E-state index contributed by atoms with van der Waals surface area (Å²) in [5.41, 5.74) is 0.216.